The highest BCUT2D eigenvalue weighted by Gasteiger charge is 2.24. The first-order valence-corrected chi connectivity index (χ1v) is 10.2. The van der Waals surface area contributed by atoms with Crippen molar-refractivity contribution in [2.24, 2.45) is 0 Å². The van der Waals surface area contributed by atoms with Crippen molar-refractivity contribution < 1.29 is 13.2 Å². The molecule has 1 heterocycles. The number of benzene rings is 2. The van der Waals surface area contributed by atoms with Gasteiger partial charge in [-0.25, -0.2) is 13.1 Å². The topological polar surface area (TPSA) is 81.1 Å². The van der Waals surface area contributed by atoms with Gasteiger partial charge in [0.25, 0.3) is 15.9 Å². The molecule has 1 aromatic heterocycles. The van der Waals surface area contributed by atoms with Crippen LogP contribution in [-0.2, 0) is 23.0 Å². The number of nitrogens with zero attached hydrogens (tertiary/aromatic N) is 2. The summed E-state index contributed by atoms with van der Waals surface area (Å²) in [5, 5.41) is 4.31. The molecule has 2 aromatic carbocycles. The number of carbonyl (C=O) groups is 1. The van der Waals surface area contributed by atoms with Crippen molar-refractivity contribution in [2.45, 2.75) is 24.8 Å². The lowest BCUT2D eigenvalue weighted by Gasteiger charge is -2.10. The Kier molecular flexibility index (Phi) is 5.62. The van der Waals surface area contributed by atoms with Gasteiger partial charge in [0, 0.05) is 0 Å². The van der Waals surface area contributed by atoms with Crippen molar-refractivity contribution in [1.82, 2.24) is 14.5 Å². The zero-order valence-electron chi connectivity index (χ0n) is 14.6. The van der Waals surface area contributed by atoms with E-state index in [9.17, 15) is 13.2 Å². The monoisotopic (exact) mass is 403 g/mol. The number of nitrogens with one attached hydrogen (secondary N) is 1. The zero-order chi connectivity index (χ0) is 19.4. The van der Waals surface area contributed by atoms with Crippen LogP contribution < -0.4 is 4.72 Å². The molecule has 0 spiro atoms. The Balaban J connectivity index is 1.86. The molecular weight excluding hydrogens is 386 g/mol. The molecule has 0 radical (unpaired) electrons. The largest absolute Gasteiger partial charge is 0.268 e. The van der Waals surface area contributed by atoms with Crippen LogP contribution in [0.2, 0.25) is 5.02 Å². The number of aromatic nitrogens is 2. The van der Waals surface area contributed by atoms with Gasteiger partial charge in [-0.05, 0) is 24.1 Å². The molecule has 0 fully saturated rings. The van der Waals surface area contributed by atoms with Gasteiger partial charge in [0.05, 0.1) is 29.0 Å². The van der Waals surface area contributed by atoms with E-state index in [1.54, 1.807) is 16.8 Å². The van der Waals surface area contributed by atoms with Crippen molar-refractivity contribution in [3.8, 4) is 0 Å². The first-order chi connectivity index (χ1) is 12.9. The van der Waals surface area contributed by atoms with Crippen LogP contribution in [-0.4, -0.2) is 24.1 Å². The van der Waals surface area contributed by atoms with Crippen LogP contribution >= 0.6 is 11.6 Å². The fourth-order valence-electron chi connectivity index (χ4n) is 2.76. The van der Waals surface area contributed by atoms with Crippen LogP contribution in [0.25, 0.3) is 0 Å². The third kappa shape index (κ3) is 4.20. The van der Waals surface area contributed by atoms with Gasteiger partial charge in [-0.2, -0.15) is 5.10 Å². The lowest BCUT2D eigenvalue weighted by molar-refractivity contribution is 0.0980. The number of hydrogen-bond donors (Lipinski definition) is 1. The predicted molar refractivity (Wildman–Crippen MR) is 103 cm³/mol. The van der Waals surface area contributed by atoms with Gasteiger partial charge in [-0.1, -0.05) is 61.0 Å². The van der Waals surface area contributed by atoms with Crippen LogP contribution in [0.5, 0.6) is 0 Å². The molecule has 140 valence electrons. The van der Waals surface area contributed by atoms with Crippen LogP contribution in [0.3, 0.4) is 0 Å². The van der Waals surface area contributed by atoms with E-state index in [1.165, 1.54) is 18.3 Å². The highest BCUT2D eigenvalue weighted by Crippen LogP contribution is 2.21. The van der Waals surface area contributed by atoms with Gasteiger partial charge in [-0.15, -0.1) is 0 Å². The molecule has 0 unspecified atom stereocenters. The molecule has 27 heavy (non-hydrogen) atoms. The molecule has 1 amide bonds. The van der Waals surface area contributed by atoms with Gasteiger partial charge in [0.15, 0.2) is 0 Å². The van der Waals surface area contributed by atoms with Crippen molar-refractivity contribution in [2.75, 3.05) is 0 Å². The molecule has 8 heteroatoms. The van der Waals surface area contributed by atoms with Gasteiger partial charge >= 0.3 is 0 Å². The minimum absolute atomic E-state index is 0.0493. The normalized spacial score (nSPS) is 11.3. The fraction of sp³-hybridized carbons (Fsp3) is 0.158. The van der Waals surface area contributed by atoms with Crippen molar-refractivity contribution in [3.05, 3.63) is 82.6 Å². The average molecular weight is 404 g/mol. The predicted octanol–water partition coefficient (Wildman–Crippen LogP) is 3.27. The maximum atomic E-state index is 12.6. The Hall–Kier alpha value is -2.64. The van der Waals surface area contributed by atoms with Gasteiger partial charge in [0.1, 0.15) is 4.90 Å². The number of hydrogen-bond acceptors (Lipinski definition) is 4. The first kappa shape index (κ1) is 19.1. The molecule has 0 aliphatic carbocycles. The van der Waals surface area contributed by atoms with Crippen molar-refractivity contribution >= 4 is 27.5 Å². The van der Waals surface area contributed by atoms with E-state index in [2.05, 4.69) is 9.82 Å². The summed E-state index contributed by atoms with van der Waals surface area (Å²) in [6.45, 7) is 2.38. The third-order valence-electron chi connectivity index (χ3n) is 4.06. The van der Waals surface area contributed by atoms with E-state index < -0.39 is 15.9 Å². The van der Waals surface area contributed by atoms with E-state index in [0.29, 0.717) is 18.7 Å². The van der Waals surface area contributed by atoms with Crippen LogP contribution in [0.1, 0.15) is 28.5 Å². The summed E-state index contributed by atoms with van der Waals surface area (Å²) in [6, 6.07) is 15.7. The molecule has 3 aromatic rings. The number of carbonyl (C=O) groups excluding carboxylic acids is 1. The summed E-state index contributed by atoms with van der Waals surface area (Å²) in [4.78, 5) is 12.5. The molecule has 0 saturated carbocycles. The fourth-order valence-corrected chi connectivity index (χ4v) is 4.25. The summed E-state index contributed by atoms with van der Waals surface area (Å²) in [5.74, 6) is -0.730. The quantitative estimate of drug-likeness (QED) is 0.684. The van der Waals surface area contributed by atoms with Gasteiger partial charge < -0.3 is 0 Å². The molecular formula is C19H18ClN3O3S. The smallest absolute Gasteiger partial charge is 0.268 e. The second-order valence-corrected chi connectivity index (χ2v) is 7.92. The van der Waals surface area contributed by atoms with Crippen molar-refractivity contribution in [1.29, 1.82) is 0 Å². The molecule has 1 N–H and O–H groups in total. The first-order valence-electron chi connectivity index (χ1n) is 8.32. The number of rotatable bonds is 6. The van der Waals surface area contributed by atoms with Gasteiger partial charge in [0.2, 0.25) is 0 Å². The van der Waals surface area contributed by atoms with E-state index in [4.69, 9.17) is 11.6 Å². The minimum Gasteiger partial charge on any atom is -0.268 e. The molecule has 0 saturated heterocycles. The zero-order valence-corrected chi connectivity index (χ0v) is 16.2. The summed E-state index contributed by atoms with van der Waals surface area (Å²) in [5.41, 5.74) is 1.92. The summed E-state index contributed by atoms with van der Waals surface area (Å²) in [7, 11) is -4.08. The van der Waals surface area contributed by atoms with E-state index in [-0.39, 0.29) is 15.5 Å². The second-order valence-electron chi connectivity index (χ2n) is 5.87. The molecule has 0 aliphatic heterocycles. The maximum absolute atomic E-state index is 12.6. The highest BCUT2D eigenvalue weighted by atomic mass is 35.5. The van der Waals surface area contributed by atoms with E-state index in [0.717, 1.165) is 5.56 Å². The van der Waals surface area contributed by atoms with E-state index >= 15 is 0 Å². The molecule has 3 rings (SSSR count). The number of halogens is 1. The minimum atomic E-state index is -4.08. The maximum Gasteiger partial charge on any atom is 0.268 e. The third-order valence-corrected chi connectivity index (χ3v) is 5.89. The molecule has 0 atom stereocenters. The molecule has 6 nitrogen and oxygen atoms in total. The lowest BCUT2D eigenvalue weighted by Crippen LogP contribution is -2.31. The van der Waals surface area contributed by atoms with E-state index in [1.807, 2.05) is 37.3 Å². The summed E-state index contributed by atoms with van der Waals surface area (Å²) < 4.78 is 28.8. The van der Waals surface area contributed by atoms with Gasteiger partial charge in [-0.3, -0.25) is 9.48 Å². The van der Waals surface area contributed by atoms with Crippen LogP contribution in [0.15, 0.2) is 65.7 Å². The van der Waals surface area contributed by atoms with Crippen LogP contribution in [0.4, 0.5) is 0 Å². The highest BCUT2D eigenvalue weighted by molar-refractivity contribution is 7.90. The van der Waals surface area contributed by atoms with Crippen molar-refractivity contribution in [3.63, 3.8) is 0 Å². The summed E-state index contributed by atoms with van der Waals surface area (Å²) in [6.07, 6.45) is 1.92. The Bertz CT molecular complexity index is 1060. The number of sulfonamides is 1. The second kappa shape index (κ2) is 7.94. The lowest BCUT2D eigenvalue weighted by atomic mass is 10.2. The molecule has 0 aliphatic rings. The Morgan fingerprint density at radius 1 is 1.11 bits per heavy atom. The van der Waals surface area contributed by atoms with Crippen LogP contribution in [0, 0.1) is 0 Å². The summed E-state index contributed by atoms with van der Waals surface area (Å²) >= 11 is 5.94. The SMILES string of the molecule is CCc1c(C(=O)NS(=O)(=O)c2ccccc2Cl)cnn1Cc1ccccc1. The molecule has 0 bridgehead atoms. The average Bonchev–Trinajstić information content (AvgIpc) is 3.05. The Labute approximate surface area is 162 Å². The Morgan fingerprint density at radius 3 is 2.44 bits per heavy atom. The number of amides is 1. The Morgan fingerprint density at radius 2 is 1.78 bits per heavy atom. The standard InChI is InChI=1S/C19H18ClN3O3S/c1-2-17-15(12-21-23(17)13-14-8-4-3-5-9-14)19(24)22-27(25,26)18-11-7-6-10-16(18)20/h3-12H,2,13H2,1H3,(H,22,24).